The van der Waals surface area contributed by atoms with Crippen molar-refractivity contribution in [1.82, 2.24) is 5.32 Å². The van der Waals surface area contributed by atoms with Crippen LogP contribution in [0.25, 0.3) is 0 Å². The summed E-state index contributed by atoms with van der Waals surface area (Å²) in [6, 6.07) is 7.63. The highest BCUT2D eigenvalue weighted by Crippen LogP contribution is 2.30. The van der Waals surface area contributed by atoms with E-state index < -0.39 is 0 Å². The molecule has 0 radical (unpaired) electrons. The number of anilines is 1. The first-order valence-corrected chi connectivity index (χ1v) is 9.44. The zero-order valence-corrected chi connectivity index (χ0v) is 15.6. The second-order valence-electron chi connectivity index (χ2n) is 5.23. The minimum absolute atomic E-state index is 0.393. The largest absolute Gasteiger partial charge is 0.371 e. The smallest absolute Gasteiger partial charge is 0.0510 e. The molecular formula is C16H27BrN2S. The lowest BCUT2D eigenvalue weighted by atomic mass is 10.1. The summed E-state index contributed by atoms with van der Waals surface area (Å²) < 4.78 is 1.18. The second-order valence-corrected chi connectivity index (χ2v) is 7.07. The SMILES string of the molecule is CCNC(C)c1ccc(N(C)C(C)CCSC)c(Br)c1. The number of benzene rings is 1. The van der Waals surface area contributed by atoms with Gasteiger partial charge in [0, 0.05) is 23.6 Å². The van der Waals surface area contributed by atoms with Crippen LogP contribution < -0.4 is 10.2 Å². The fourth-order valence-corrected chi connectivity index (χ4v) is 3.48. The van der Waals surface area contributed by atoms with Crippen LogP contribution in [0.5, 0.6) is 0 Å². The fraction of sp³-hybridized carbons (Fsp3) is 0.625. The maximum atomic E-state index is 3.73. The molecule has 0 aliphatic heterocycles. The van der Waals surface area contributed by atoms with E-state index in [2.05, 4.69) is 78.4 Å². The van der Waals surface area contributed by atoms with Gasteiger partial charge in [0.2, 0.25) is 0 Å². The molecule has 0 saturated heterocycles. The predicted molar refractivity (Wildman–Crippen MR) is 97.1 cm³/mol. The first-order valence-electron chi connectivity index (χ1n) is 7.25. The zero-order chi connectivity index (χ0) is 15.1. The van der Waals surface area contributed by atoms with E-state index in [1.807, 2.05) is 11.8 Å². The lowest BCUT2D eigenvalue weighted by Crippen LogP contribution is -2.29. The third kappa shape index (κ3) is 4.97. The number of nitrogens with one attached hydrogen (secondary N) is 1. The van der Waals surface area contributed by atoms with E-state index in [4.69, 9.17) is 0 Å². The van der Waals surface area contributed by atoms with Crippen molar-refractivity contribution < 1.29 is 0 Å². The Balaban J connectivity index is 2.81. The molecule has 1 aromatic rings. The molecule has 2 unspecified atom stereocenters. The molecule has 20 heavy (non-hydrogen) atoms. The molecule has 1 rings (SSSR count). The van der Waals surface area contributed by atoms with Crippen LogP contribution in [0, 0.1) is 0 Å². The van der Waals surface area contributed by atoms with Gasteiger partial charge in [0.1, 0.15) is 0 Å². The van der Waals surface area contributed by atoms with Gasteiger partial charge in [-0.1, -0.05) is 13.0 Å². The summed E-state index contributed by atoms with van der Waals surface area (Å²) in [6.07, 6.45) is 3.37. The molecule has 114 valence electrons. The Bertz CT molecular complexity index is 411. The van der Waals surface area contributed by atoms with Gasteiger partial charge in [0.15, 0.2) is 0 Å². The van der Waals surface area contributed by atoms with E-state index >= 15 is 0 Å². The number of rotatable bonds is 8. The average molecular weight is 359 g/mol. The van der Waals surface area contributed by atoms with Crippen LogP contribution in [-0.2, 0) is 0 Å². The van der Waals surface area contributed by atoms with E-state index in [0.29, 0.717) is 12.1 Å². The minimum Gasteiger partial charge on any atom is -0.371 e. The molecule has 2 atom stereocenters. The molecule has 0 aliphatic rings. The number of halogens is 1. The summed E-state index contributed by atoms with van der Waals surface area (Å²) in [5.74, 6) is 1.21. The van der Waals surface area contributed by atoms with E-state index in [1.165, 1.54) is 27.9 Å². The Kier molecular flexibility index (Phi) is 8.00. The second kappa shape index (κ2) is 8.96. The summed E-state index contributed by atoms with van der Waals surface area (Å²) in [5, 5.41) is 3.45. The van der Waals surface area contributed by atoms with Crippen LogP contribution in [0.2, 0.25) is 0 Å². The topological polar surface area (TPSA) is 15.3 Å². The molecule has 1 N–H and O–H groups in total. The Morgan fingerprint density at radius 3 is 2.60 bits per heavy atom. The summed E-state index contributed by atoms with van der Waals surface area (Å²) in [5.41, 5.74) is 2.60. The van der Waals surface area contributed by atoms with Crippen molar-refractivity contribution in [2.75, 3.05) is 30.5 Å². The average Bonchev–Trinajstić information content (AvgIpc) is 2.44. The lowest BCUT2D eigenvalue weighted by molar-refractivity contribution is 0.597. The molecule has 1 aromatic carbocycles. The van der Waals surface area contributed by atoms with E-state index in [0.717, 1.165) is 6.54 Å². The van der Waals surface area contributed by atoms with E-state index in [9.17, 15) is 0 Å². The van der Waals surface area contributed by atoms with Gasteiger partial charge in [-0.3, -0.25) is 0 Å². The van der Waals surface area contributed by atoms with Gasteiger partial charge >= 0.3 is 0 Å². The molecular weight excluding hydrogens is 332 g/mol. The molecule has 0 spiro atoms. The highest BCUT2D eigenvalue weighted by molar-refractivity contribution is 9.10. The maximum absolute atomic E-state index is 3.73. The van der Waals surface area contributed by atoms with Crippen LogP contribution in [0.4, 0.5) is 5.69 Å². The Hall–Kier alpha value is -0.190. The monoisotopic (exact) mass is 358 g/mol. The van der Waals surface area contributed by atoms with Crippen molar-refractivity contribution in [2.45, 2.75) is 39.3 Å². The van der Waals surface area contributed by atoms with Crippen molar-refractivity contribution >= 4 is 33.4 Å². The first kappa shape index (κ1) is 17.9. The summed E-state index contributed by atoms with van der Waals surface area (Å²) in [7, 11) is 2.18. The molecule has 0 aliphatic carbocycles. The molecule has 0 saturated carbocycles. The van der Waals surface area contributed by atoms with Crippen molar-refractivity contribution in [3.05, 3.63) is 28.2 Å². The van der Waals surface area contributed by atoms with Crippen molar-refractivity contribution in [2.24, 2.45) is 0 Å². The number of nitrogens with zero attached hydrogens (tertiary/aromatic N) is 1. The molecule has 0 fully saturated rings. The third-order valence-corrected chi connectivity index (χ3v) is 5.04. The quantitative estimate of drug-likeness (QED) is 0.724. The summed E-state index contributed by atoms with van der Waals surface area (Å²) in [4.78, 5) is 2.36. The predicted octanol–water partition coefficient (Wildman–Crippen LogP) is 4.70. The van der Waals surface area contributed by atoms with Crippen molar-refractivity contribution in [1.29, 1.82) is 0 Å². The van der Waals surface area contributed by atoms with Crippen LogP contribution >= 0.6 is 27.7 Å². The van der Waals surface area contributed by atoms with Crippen LogP contribution in [-0.4, -0.2) is 31.6 Å². The third-order valence-electron chi connectivity index (χ3n) is 3.76. The van der Waals surface area contributed by atoms with Crippen molar-refractivity contribution in [3.8, 4) is 0 Å². The summed E-state index contributed by atoms with van der Waals surface area (Å²) >= 11 is 5.64. The number of hydrogen-bond acceptors (Lipinski definition) is 3. The molecule has 4 heteroatoms. The molecule has 0 bridgehead atoms. The van der Waals surface area contributed by atoms with E-state index in [1.54, 1.807) is 0 Å². The number of thioether (sulfide) groups is 1. The highest BCUT2D eigenvalue weighted by Gasteiger charge is 2.14. The van der Waals surface area contributed by atoms with Crippen LogP contribution in [0.15, 0.2) is 22.7 Å². The Labute approximate surface area is 136 Å². The van der Waals surface area contributed by atoms with Crippen LogP contribution in [0.1, 0.15) is 38.8 Å². The standard InChI is InChI=1S/C16H27BrN2S/c1-6-18-13(3)14-7-8-16(15(17)11-14)19(4)12(2)9-10-20-5/h7-8,11-13,18H,6,9-10H2,1-5H3. The van der Waals surface area contributed by atoms with Gasteiger partial charge < -0.3 is 10.2 Å². The maximum Gasteiger partial charge on any atom is 0.0510 e. The molecule has 0 amide bonds. The van der Waals surface area contributed by atoms with Gasteiger partial charge in [-0.25, -0.2) is 0 Å². The van der Waals surface area contributed by atoms with Crippen molar-refractivity contribution in [3.63, 3.8) is 0 Å². The zero-order valence-electron chi connectivity index (χ0n) is 13.2. The minimum atomic E-state index is 0.393. The van der Waals surface area contributed by atoms with Gasteiger partial charge in [-0.05, 0) is 72.4 Å². The van der Waals surface area contributed by atoms with Gasteiger partial charge in [-0.15, -0.1) is 0 Å². The Morgan fingerprint density at radius 1 is 1.35 bits per heavy atom. The molecule has 2 nitrogen and oxygen atoms in total. The van der Waals surface area contributed by atoms with E-state index in [-0.39, 0.29) is 0 Å². The Morgan fingerprint density at radius 2 is 2.05 bits per heavy atom. The fourth-order valence-electron chi connectivity index (χ4n) is 2.22. The van der Waals surface area contributed by atoms with Gasteiger partial charge in [-0.2, -0.15) is 11.8 Å². The highest BCUT2D eigenvalue weighted by atomic mass is 79.9. The normalized spacial score (nSPS) is 14.1. The molecule has 0 heterocycles. The first-order chi connectivity index (χ1) is 9.51. The molecule has 0 aromatic heterocycles. The van der Waals surface area contributed by atoms with Crippen LogP contribution in [0.3, 0.4) is 0 Å². The summed E-state index contributed by atoms with van der Waals surface area (Å²) in [6.45, 7) is 7.63. The van der Waals surface area contributed by atoms with Gasteiger partial charge in [0.05, 0.1) is 5.69 Å². The lowest BCUT2D eigenvalue weighted by Gasteiger charge is -2.28. The number of hydrogen-bond donors (Lipinski definition) is 1. The van der Waals surface area contributed by atoms with Gasteiger partial charge in [0.25, 0.3) is 0 Å².